The highest BCUT2D eigenvalue weighted by atomic mass is 19.4. The molecule has 2 aromatic heterocycles. The van der Waals surface area contributed by atoms with Crippen molar-refractivity contribution >= 4 is 11.9 Å². The number of carbonyl (C=O) groups is 2. The standard InChI is InChI=1S/C17H16F3N3O4/c1-23(2)15(24)5-9-4-10(12(7-21-9)16(25)26)11-6-14(17(18,19)20)22-8-13(11)27-3/h4,6-8H,5H2,1-3H3,(H,25,26). The number of alkyl halides is 3. The largest absolute Gasteiger partial charge is 0.494 e. The summed E-state index contributed by atoms with van der Waals surface area (Å²) in [5.74, 6) is -1.72. The predicted octanol–water partition coefficient (Wildman–Crippen LogP) is 2.50. The molecule has 0 saturated heterocycles. The van der Waals surface area contributed by atoms with Gasteiger partial charge in [0.25, 0.3) is 0 Å². The van der Waals surface area contributed by atoms with Gasteiger partial charge in [0.15, 0.2) is 0 Å². The highest BCUT2D eigenvalue weighted by Crippen LogP contribution is 2.37. The molecule has 0 aliphatic carbocycles. The van der Waals surface area contributed by atoms with Crippen LogP contribution in [0.2, 0.25) is 0 Å². The lowest BCUT2D eigenvalue weighted by Crippen LogP contribution is -2.24. The Morgan fingerprint density at radius 1 is 1.15 bits per heavy atom. The molecule has 0 aliphatic heterocycles. The summed E-state index contributed by atoms with van der Waals surface area (Å²) >= 11 is 0. The Bertz CT molecular complexity index is 882. The van der Waals surface area contributed by atoms with Gasteiger partial charge < -0.3 is 14.7 Å². The van der Waals surface area contributed by atoms with Gasteiger partial charge in [-0.25, -0.2) is 9.78 Å². The fraction of sp³-hybridized carbons (Fsp3) is 0.294. The predicted molar refractivity (Wildman–Crippen MR) is 88.4 cm³/mol. The second kappa shape index (κ2) is 7.60. The quantitative estimate of drug-likeness (QED) is 0.853. The third-order valence-corrected chi connectivity index (χ3v) is 3.69. The molecule has 10 heteroatoms. The number of halogens is 3. The van der Waals surface area contributed by atoms with E-state index in [2.05, 4.69) is 9.97 Å². The molecule has 2 aromatic rings. The first-order valence-electron chi connectivity index (χ1n) is 7.58. The van der Waals surface area contributed by atoms with Crippen molar-refractivity contribution in [1.82, 2.24) is 14.9 Å². The Kier molecular flexibility index (Phi) is 5.67. The molecule has 144 valence electrons. The number of pyridine rings is 2. The van der Waals surface area contributed by atoms with Gasteiger partial charge in [-0.1, -0.05) is 0 Å². The lowest BCUT2D eigenvalue weighted by Gasteiger charge is -2.15. The molecule has 0 aromatic carbocycles. The first-order valence-corrected chi connectivity index (χ1v) is 7.58. The molecular formula is C17H16F3N3O4. The average molecular weight is 383 g/mol. The highest BCUT2D eigenvalue weighted by molar-refractivity contribution is 5.97. The Labute approximate surface area is 152 Å². The van der Waals surface area contributed by atoms with Crippen LogP contribution >= 0.6 is 0 Å². The van der Waals surface area contributed by atoms with Gasteiger partial charge in [-0.15, -0.1) is 0 Å². The molecule has 0 fully saturated rings. The molecule has 0 atom stereocenters. The van der Waals surface area contributed by atoms with Gasteiger partial charge in [0.05, 0.1) is 31.0 Å². The van der Waals surface area contributed by atoms with E-state index in [0.29, 0.717) is 6.07 Å². The van der Waals surface area contributed by atoms with Gasteiger partial charge >= 0.3 is 12.1 Å². The van der Waals surface area contributed by atoms with Crippen LogP contribution in [-0.4, -0.2) is 53.1 Å². The molecule has 1 N–H and O–H groups in total. The van der Waals surface area contributed by atoms with E-state index in [9.17, 15) is 27.9 Å². The van der Waals surface area contributed by atoms with Gasteiger partial charge in [-0.2, -0.15) is 13.2 Å². The summed E-state index contributed by atoms with van der Waals surface area (Å²) in [5, 5.41) is 9.39. The van der Waals surface area contributed by atoms with Crippen LogP contribution in [0.5, 0.6) is 5.75 Å². The normalized spacial score (nSPS) is 11.2. The average Bonchev–Trinajstić information content (AvgIpc) is 2.59. The van der Waals surface area contributed by atoms with E-state index in [1.807, 2.05) is 0 Å². The Hall–Kier alpha value is -3.17. The number of amides is 1. The maximum atomic E-state index is 13.0. The van der Waals surface area contributed by atoms with Gasteiger partial charge in [-0.05, 0) is 12.1 Å². The minimum atomic E-state index is -4.72. The minimum absolute atomic E-state index is 0.0402. The molecule has 0 spiro atoms. The molecule has 0 aliphatic rings. The molecule has 0 bridgehead atoms. The second-order valence-corrected chi connectivity index (χ2v) is 5.76. The number of carboxylic acids is 1. The van der Waals surface area contributed by atoms with E-state index in [1.165, 1.54) is 32.2 Å². The number of aromatic carboxylic acids is 1. The van der Waals surface area contributed by atoms with Crippen LogP contribution in [0.3, 0.4) is 0 Å². The number of carboxylic acid groups (broad SMARTS) is 1. The number of methoxy groups -OCH3 is 1. The minimum Gasteiger partial charge on any atom is -0.494 e. The van der Waals surface area contributed by atoms with Crippen LogP contribution < -0.4 is 4.74 Å². The first-order chi connectivity index (χ1) is 12.5. The molecule has 27 heavy (non-hydrogen) atoms. The zero-order valence-electron chi connectivity index (χ0n) is 14.7. The van der Waals surface area contributed by atoms with Gasteiger partial charge in [0.2, 0.25) is 5.91 Å². The first kappa shape index (κ1) is 20.1. The van der Waals surface area contributed by atoms with E-state index in [-0.39, 0.29) is 40.5 Å². The number of ether oxygens (including phenoxy) is 1. The molecule has 0 unspecified atom stereocenters. The summed E-state index contributed by atoms with van der Waals surface area (Å²) in [7, 11) is 4.30. The van der Waals surface area contributed by atoms with Crippen molar-refractivity contribution in [3.63, 3.8) is 0 Å². The van der Waals surface area contributed by atoms with Crippen LogP contribution in [0.15, 0.2) is 24.5 Å². The van der Waals surface area contributed by atoms with Crippen molar-refractivity contribution < 1.29 is 32.6 Å². The van der Waals surface area contributed by atoms with Crippen LogP contribution in [0, 0.1) is 0 Å². The molecule has 7 nitrogen and oxygen atoms in total. The van der Waals surface area contributed by atoms with Gasteiger partial charge in [-0.3, -0.25) is 9.78 Å². The summed E-state index contributed by atoms with van der Waals surface area (Å²) in [4.78, 5) is 31.9. The van der Waals surface area contributed by atoms with E-state index < -0.39 is 17.8 Å². The molecule has 1 amide bonds. The summed E-state index contributed by atoms with van der Waals surface area (Å²) in [6.45, 7) is 0. The third-order valence-electron chi connectivity index (χ3n) is 3.69. The van der Waals surface area contributed by atoms with Crippen molar-refractivity contribution in [1.29, 1.82) is 0 Å². The number of rotatable bonds is 5. The second-order valence-electron chi connectivity index (χ2n) is 5.76. The molecular weight excluding hydrogens is 367 g/mol. The van der Waals surface area contributed by atoms with Gasteiger partial charge in [0, 0.05) is 31.4 Å². The van der Waals surface area contributed by atoms with Crippen molar-refractivity contribution in [3.05, 3.63) is 41.5 Å². The Morgan fingerprint density at radius 2 is 1.81 bits per heavy atom. The fourth-order valence-electron chi connectivity index (χ4n) is 2.27. The highest BCUT2D eigenvalue weighted by Gasteiger charge is 2.34. The van der Waals surface area contributed by atoms with E-state index in [0.717, 1.165) is 12.4 Å². The maximum absolute atomic E-state index is 13.0. The number of nitrogens with zero attached hydrogens (tertiary/aromatic N) is 3. The lowest BCUT2D eigenvalue weighted by atomic mass is 9.99. The van der Waals surface area contributed by atoms with Crippen molar-refractivity contribution in [3.8, 4) is 16.9 Å². The molecule has 2 heterocycles. The van der Waals surface area contributed by atoms with Gasteiger partial charge in [0.1, 0.15) is 11.4 Å². The maximum Gasteiger partial charge on any atom is 0.433 e. The monoisotopic (exact) mass is 383 g/mol. The van der Waals surface area contributed by atoms with Crippen molar-refractivity contribution in [2.24, 2.45) is 0 Å². The summed E-state index contributed by atoms with van der Waals surface area (Å²) in [6, 6.07) is 1.97. The summed E-state index contributed by atoms with van der Waals surface area (Å²) < 4.78 is 44.2. The zero-order chi connectivity index (χ0) is 20.4. The Morgan fingerprint density at radius 3 is 2.33 bits per heavy atom. The molecule has 2 rings (SSSR count). The number of hydrogen-bond donors (Lipinski definition) is 1. The Balaban J connectivity index is 2.67. The third kappa shape index (κ3) is 4.52. The number of hydrogen-bond acceptors (Lipinski definition) is 5. The SMILES string of the molecule is COc1cnc(C(F)(F)F)cc1-c1cc(CC(=O)N(C)C)ncc1C(=O)O. The number of aromatic nitrogens is 2. The van der Waals surface area contributed by atoms with Crippen LogP contribution in [0.4, 0.5) is 13.2 Å². The molecule has 0 saturated carbocycles. The van der Waals surface area contributed by atoms with Crippen LogP contribution in [0.1, 0.15) is 21.7 Å². The van der Waals surface area contributed by atoms with Crippen LogP contribution in [-0.2, 0) is 17.4 Å². The van der Waals surface area contributed by atoms with E-state index in [1.54, 1.807) is 0 Å². The lowest BCUT2D eigenvalue weighted by molar-refractivity contribution is -0.141. The topological polar surface area (TPSA) is 92.6 Å². The van der Waals surface area contributed by atoms with Crippen molar-refractivity contribution in [2.45, 2.75) is 12.6 Å². The van der Waals surface area contributed by atoms with Crippen molar-refractivity contribution in [2.75, 3.05) is 21.2 Å². The molecule has 0 radical (unpaired) electrons. The zero-order valence-corrected chi connectivity index (χ0v) is 14.7. The van der Waals surface area contributed by atoms with E-state index in [4.69, 9.17) is 4.74 Å². The summed E-state index contributed by atoms with van der Waals surface area (Å²) in [6.07, 6.45) is -2.99. The van der Waals surface area contributed by atoms with Crippen LogP contribution in [0.25, 0.3) is 11.1 Å². The fourth-order valence-corrected chi connectivity index (χ4v) is 2.27. The number of carbonyl (C=O) groups excluding carboxylic acids is 1. The smallest absolute Gasteiger partial charge is 0.433 e. The van der Waals surface area contributed by atoms with E-state index >= 15 is 0 Å². The summed E-state index contributed by atoms with van der Waals surface area (Å²) in [5.41, 5.74) is -1.48. The number of likely N-dealkylation sites (N-methyl/N-ethyl adjacent to an activating group) is 1.